The molecule has 0 saturated heterocycles. The molecule has 4 nitrogen and oxygen atoms in total. The number of nitrogens with one attached hydrogen (secondary N) is 1. The molecule has 146 valence electrons. The van der Waals surface area contributed by atoms with E-state index < -0.39 is 5.91 Å². The number of carbonyl (C=O) groups excluding carboxylic acids is 1. The van der Waals surface area contributed by atoms with Crippen molar-refractivity contribution >= 4 is 58.1 Å². The highest BCUT2D eigenvalue weighted by atomic mass is 35.5. The molecule has 1 aromatic heterocycles. The molecule has 1 N–H and O–H groups in total. The average molecular weight is 457 g/mol. The van der Waals surface area contributed by atoms with Crippen molar-refractivity contribution in [2.45, 2.75) is 26.2 Å². The summed E-state index contributed by atoms with van der Waals surface area (Å²) < 4.78 is 1.56. The highest BCUT2D eigenvalue weighted by Gasteiger charge is 2.23. The van der Waals surface area contributed by atoms with E-state index in [-0.39, 0.29) is 16.0 Å². The summed E-state index contributed by atoms with van der Waals surface area (Å²) in [5, 5.41) is 8.93. The van der Waals surface area contributed by atoms with Crippen LogP contribution in [0.2, 0.25) is 20.1 Å². The van der Waals surface area contributed by atoms with Gasteiger partial charge < -0.3 is 5.32 Å². The van der Waals surface area contributed by atoms with E-state index >= 15 is 0 Å². The minimum Gasteiger partial charge on any atom is -0.306 e. The molecule has 0 saturated carbocycles. The van der Waals surface area contributed by atoms with E-state index in [4.69, 9.17) is 46.4 Å². The predicted molar refractivity (Wildman–Crippen MR) is 117 cm³/mol. The van der Waals surface area contributed by atoms with Gasteiger partial charge in [0, 0.05) is 16.5 Å². The second-order valence-electron chi connectivity index (χ2n) is 7.23. The van der Waals surface area contributed by atoms with E-state index in [9.17, 15) is 4.79 Å². The van der Waals surface area contributed by atoms with Crippen LogP contribution >= 0.6 is 46.4 Å². The SMILES string of the molecule is CC(C)(C)c1cc(NC(=O)c2cccc(Cl)c2Cl)n(-c2cc(Cl)ccc2Cl)n1. The van der Waals surface area contributed by atoms with Crippen molar-refractivity contribution < 1.29 is 4.79 Å². The van der Waals surface area contributed by atoms with E-state index in [1.807, 2.05) is 20.8 Å². The fourth-order valence-electron chi connectivity index (χ4n) is 2.53. The minimum atomic E-state index is -0.410. The van der Waals surface area contributed by atoms with Gasteiger partial charge in [-0.3, -0.25) is 4.79 Å². The molecule has 0 radical (unpaired) electrons. The Morgan fingerprint density at radius 3 is 2.39 bits per heavy atom. The number of hydrogen-bond acceptors (Lipinski definition) is 2. The normalized spacial score (nSPS) is 11.5. The highest BCUT2D eigenvalue weighted by molar-refractivity contribution is 6.44. The number of amides is 1. The largest absolute Gasteiger partial charge is 0.306 e. The zero-order valence-corrected chi connectivity index (χ0v) is 18.4. The zero-order valence-electron chi connectivity index (χ0n) is 15.4. The number of hydrogen-bond donors (Lipinski definition) is 1. The molecule has 0 spiro atoms. The maximum absolute atomic E-state index is 12.8. The lowest BCUT2D eigenvalue weighted by atomic mass is 9.92. The molecule has 0 unspecified atom stereocenters. The maximum atomic E-state index is 12.8. The minimum absolute atomic E-state index is 0.185. The fraction of sp³-hybridized carbons (Fsp3) is 0.200. The first-order valence-electron chi connectivity index (χ1n) is 8.39. The van der Waals surface area contributed by atoms with Gasteiger partial charge in [0.2, 0.25) is 0 Å². The first kappa shape index (κ1) is 21.0. The standard InChI is InChI=1S/C20H17Cl4N3O/c1-20(2,3)16-10-17(25-19(28)12-5-4-6-14(23)18(12)24)27(26-16)15-9-11(21)7-8-13(15)22/h4-10H,1-3H3,(H,25,28). The molecule has 1 heterocycles. The van der Waals surface area contributed by atoms with Gasteiger partial charge in [0.05, 0.1) is 32.0 Å². The monoisotopic (exact) mass is 455 g/mol. The lowest BCUT2D eigenvalue weighted by Crippen LogP contribution is -2.16. The average Bonchev–Trinajstić information content (AvgIpc) is 3.03. The van der Waals surface area contributed by atoms with Crippen molar-refractivity contribution in [3.8, 4) is 5.69 Å². The molecule has 8 heteroatoms. The summed E-state index contributed by atoms with van der Waals surface area (Å²) in [4.78, 5) is 12.8. The van der Waals surface area contributed by atoms with Crippen LogP contribution in [0.3, 0.4) is 0 Å². The molecule has 0 aliphatic carbocycles. The molecule has 3 rings (SSSR count). The third-order valence-corrected chi connectivity index (χ3v) is 5.43. The van der Waals surface area contributed by atoms with Gasteiger partial charge in [0.1, 0.15) is 5.82 Å². The molecule has 28 heavy (non-hydrogen) atoms. The number of carbonyl (C=O) groups is 1. The second kappa shape index (κ2) is 7.96. The van der Waals surface area contributed by atoms with Crippen LogP contribution in [0.25, 0.3) is 5.69 Å². The van der Waals surface area contributed by atoms with Crippen LogP contribution in [0, 0.1) is 0 Å². The molecule has 1 amide bonds. The first-order chi connectivity index (χ1) is 13.1. The molecule has 0 aliphatic rings. The third kappa shape index (κ3) is 4.31. The van der Waals surface area contributed by atoms with Crippen molar-refractivity contribution in [1.82, 2.24) is 9.78 Å². The van der Waals surface area contributed by atoms with Crippen LogP contribution in [0.15, 0.2) is 42.5 Å². The highest BCUT2D eigenvalue weighted by Crippen LogP contribution is 2.32. The lowest BCUT2D eigenvalue weighted by Gasteiger charge is -2.14. The van der Waals surface area contributed by atoms with E-state index in [0.717, 1.165) is 5.69 Å². The topological polar surface area (TPSA) is 46.9 Å². The fourth-order valence-corrected chi connectivity index (χ4v) is 3.28. The van der Waals surface area contributed by atoms with Crippen molar-refractivity contribution in [2.75, 3.05) is 5.32 Å². The molecule has 0 atom stereocenters. The number of nitrogens with zero attached hydrogens (tertiary/aromatic N) is 2. The summed E-state index contributed by atoms with van der Waals surface area (Å²) in [6, 6.07) is 11.7. The summed E-state index contributed by atoms with van der Waals surface area (Å²) in [7, 11) is 0. The van der Waals surface area contributed by atoms with Gasteiger partial charge in [-0.15, -0.1) is 0 Å². The first-order valence-corrected chi connectivity index (χ1v) is 9.90. The molecule has 2 aromatic carbocycles. The lowest BCUT2D eigenvalue weighted by molar-refractivity contribution is 0.102. The summed E-state index contributed by atoms with van der Waals surface area (Å²) in [5.41, 5.74) is 1.34. The summed E-state index contributed by atoms with van der Waals surface area (Å²) in [6.45, 7) is 6.08. The smallest absolute Gasteiger partial charge is 0.258 e. The Morgan fingerprint density at radius 2 is 1.71 bits per heavy atom. The number of halogens is 4. The Balaban J connectivity index is 2.09. The van der Waals surface area contributed by atoms with Crippen molar-refractivity contribution in [1.29, 1.82) is 0 Å². The van der Waals surface area contributed by atoms with E-state index in [1.54, 1.807) is 47.1 Å². The van der Waals surface area contributed by atoms with Crippen LogP contribution in [0.1, 0.15) is 36.8 Å². The molecular formula is C20H17Cl4N3O. The predicted octanol–water partition coefficient (Wildman–Crippen LogP) is 7.04. The van der Waals surface area contributed by atoms with Crippen molar-refractivity contribution in [3.63, 3.8) is 0 Å². The van der Waals surface area contributed by atoms with Gasteiger partial charge in [-0.05, 0) is 30.3 Å². The Kier molecular flexibility index (Phi) is 5.97. The molecule has 3 aromatic rings. The number of aromatic nitrogens is 2. The summed E-state index contributed by atoms with van der Waals surface area (Å²) in [5.74, 6) is 0.0300. The second-order valence-corrected chi connectivity index (χ2v) is 8.86. The quantitative estimate of drug-likeness (QED) is 0.459. The Bertz CT molecular complexity index is 1050. The number of benzene rings is 2. The summed E-state index contributed by atoms with van der Waals surface area (Å²) >= 11 is 24.7. The molecule has 0 aliphatic heterocycles. The number of rotatable bonds is 3. The van der Waals surface area contributed by atoms with Crippen LogP contribution in [0.4, 0.5) is 5.82 Å². The van der Waals surface area contributed by atoms with Crippen molar-refractivity contribution in [2.24, 2.45) is 0 Å². The molecule has 0 fully saturated rings. The van der Waals surface area contributed by atoms with Gasteiger partial charge in [0.25, 0.3) is 5.91 Å². The zero-order chi connectivity index (χ0) is 20.6. The Hall–Kier alpha value is -1.72. The van der Waals surface area contributed by atoms with Gasteiger partial charge >= 0.3 is 0 Å². The van der Waals surface area contributed by atoms with Gasteiger partial charge in [-0.2, -0.15) is 5.10 Å². The third-order valence-electron chi connectivity index (χ3n) is 4.05. The van der Waals surface area contributed by atoms with Gasteiger partial charge in [0.15, 0.2) is 0 Å². The van der Waals surface area contributed by atoms with Gasteiger partial charge in [-0.1, -0.05) is 73.2 Å². The van der Waals surface area contributed by atoms with Crippen LogP contribution < -0.4 is 5.32 Å². The maximum Gasteiger partial charge on any atom is 0.258 e. The van der Waals surface area contributed by atoms with Crippen LogP contribution in [-0.4, -0.2) is 15.7 Å². The van der Waals surface area contributed by atoms with Crippen molar-refractivity contribution in [3.05, 3.63) is 73.8 Å². The molecule has 0 bridgehead atoms. The summed E-state index contributed by atoms with van der Waals surface area (Å²) in [6.07, 6.45) is 0. The van der Waals surface area contributed by atoms with E-state index in [1.165, 1.54) is 0 Å². The van der Waals surface area contributed by atoms with E-state index in [2.05, 4.69) is 10.4 Å². The Labute approximate surface area is 183 Å². The van der Waals surface area contributed by atoms with Crippen LogP contribution in [-0.2, 0) is 5.41 Å². The van der Waals surface area contributed by atoms with E-state index in [0.29, 0.717) is 26.6 Å². The Morgan fingerprint density at radius 1 is 1.00 bits per heavy atom. The van der Waals surface area contributed by atoms with Crippen LogP contribution in [0.5, 0.6) is 0 Å². The number of anilines is 1. The molecular weight excluding hydrogens is 440 g/mol. The van der Waals surface area contributed by atoms with Gasteiger partial charge in [-0.25, -0.2) is 4.68 Å².